The van der Waals surface area contributed by atoms with Crippen molar-refractivity contribution >= 4 is 17.5 Å². The fraction of sp³-hybridized carbons (Fsp3) is 0.278. The van der Waals surface area contributed by atoms with E-state index >= 15 is 0 Å². The molecule has 1 unspecified atom stereocenters. The van der Waals surface area contributed by atoms with Gasteiger partial charge in [-0.15, -0.1) is 0 Å². The average molecular weight is 327 g/mol. The Labute approximate surface area is 140 Å². The van der Waals surface area contributed by atoms with Crippen LogP contribution in [0.1, 0.15) is 30.6 Å². The number of nitrogens with one attached hydrogen (secondary N) is 2. The lowest BCUT2D eigenvalue weighted by Gasteiger charge is -2.12. The maximum atomic E-state index is 12.0. The molecule has 2 amide bonds. The van der Waals surface area contributed by atoms with Gasteiger partial charge >= 0.3 is 0 Å². The topological polar surface area (TPSA) is 80.2 Å². The number of rotatable bonds is 6. The highest BCUT2D eigenvalue weighted by Crippen LogP contribution is 2.10. The molecule has 24 heavy (non-hydrogen) atoms. The van der Waals surface area contributed by atoms with E-state index in [-0.39, 0.29) is 30.0 Å². The molecule has 2 N–H and O–H groups in total. The van der Waals surface area contributed by atoms with Gasteiger partial charge < -0.3 is 15.2 Å². The average Bonchev–Trinajstić information content (AvgIpc) is 2.57. The zero-order chi connectivity index (χ0) is 17.5. The molecule has 0 fully saturated rings. The number of carbonyl (C=O) groups is 2. The van der Waals surface area contributed by atoms with Crippen molar-refractivity contribution in [3.8, 4) is 0 Å². The molecule has 0 spiro atoms. The summed E-state index contributed by atoms with van der Waals surface area (Å²) in [5, 5.41) is 5.59. The van der Waals surface area contributed by atoms with Crippen LogP contribution in [-0.2, 0) is 11.3 Å². The lowest BCUT2D eigenvalue weighted by Crippen LogP contribution is -2.31. The van der Waals surface area contributed by atoms with Crippen LogP contribution >= 0.6 is 0 Å². The van der Waals surface area contributed by atoms with Gasteiger partial charge in [0.05, 0.1) is 0 Å². The molecule has 0 saturated carbocycles. The van der Waals surface area contributed by atoms with Crippen LogP contribution in [0.25, 0.3) is 0 Å². The maximum Gasteiger partial charge on any atom is 0.251 e. The van der Waals surface area contributed by atoms with Gasteiger partial charge in [-0.25, -0.2) is 0 Å². The van der Waals surface area contributed by atoms with Crippen LogP contribution in [0.3, 0.4) is 0 Å². The molecule has 1 aromatic heterocycles. The molecule has 0 radical (unpaired) electrons. The number of aromatic nitrogens is 1. The number of nitrogens with zero attached hydrogens (tertiary/aromatic N) is 1. The predicted molar refractivity (Wildman–Crippen MR) is 93.0 cm³/mol. The quantitative estimate of drug-likeness (QED) is 0.852. The fourth-order valence-electron chi connectivity index (χ4n) is 2.06. The minimum atomic E-state index is -0.305. The van der Waals surface area contributed by atoms with E-state index in [9.17, 15) is 14.4 Å². The highest BCUT2D eigenvalue weighted by Gasteiger charge is 2.09. The Balaban J connectivity index is 1.96. The van der Waals surface area contributed by atoms with Gasteiger partial charge in [0.15, 0.2) is 0 Å². The van der Waals surface area contributed by atoms with Gasteiger partial charge in [0.25, 0.3) is 11.5 Å². The molecule has 6 heteroatoms. The molecule has 0 aliphatic rings. The molecule has 0 bridgehead atoms. The van der Waals surface area contributed by atoms with Gasteiger partial charge in [0.1, 0.15) is 6.54 Å². The number of carbonyl (C=O) groups excluding carboxylic acids is 2. The Hall–Kier alpha value is -2.89. The van der Waals surface area contributed by atoms with Crippen molar-refractivity contribution in [1.29, 1.82) is 0 Å². The van der Waals surface area contributed by atoms with Crippen molar-refractivity contribution in [1.82, 2.24) is 9.88 Å². The Morgan fingerprint density at radius 1 is 1.12 bits per heavy atom. The van der Waals surface area contributed by atoms with Crippen LogP contribution in [-0.4, -0.2) is 22.4 Å². The normalized spacial score (nSPS) is 11.6. The predicted octanol–water partition coefficient (Wildman–Crippen LogP) is 2.02. The number of anilines is 1. The summed E-state index contributed by atoms with van der Waals surface area (Å²) in [4.78, 5) is 35.6. The first-order valence-corrected chi connectivity index (χ1v) is 7.86. The Morgan fingerprint density at radius 2 is 1.83 bits per heavy atom. The molecule has 6 nitrogen and oxygen atoms in total. The minimum absolute atomic E-state index is 0.0596. The number of hydrogen-bond donors (Lipinski definition) is 2. The standard InChI is InChI=1S/C18H21N3O3/c1-3-13(2)19-18(24)14-7-9-15(10-8-14)20-16(22)12-21-11-5-4-6-17(21)23/h4-11,13H,3,12H2,1-2H3,(H,19,24)(H,20,22). The monoisotopic (exact) mass is 327 g/mol. The van der Waals surface area contributed by atoms with Crippen LogP contribution in [0.5, 0.6) is 0 Å². The van der Waals surface area contributed by atoms with E-state index in [1.807, 2.05) is 13.8 Å². The highest BCUT2D eigenvalue weighted by molar-refractivity contribution is 5.95. The van der Waals surface area contributed by atoms with E-state index in [0.29, 0.717) is 11.3 Å². The number of benzene rings is 1. The van der Waals surface area contributed by atoms with Gasteiger partial charge in [0, 0.05) is 29.6 Å². The third-order valence-electron chi connectivity index (χ3n) is 3.63. The van der Waals surface area contributed by atoms with Crippen molar-refractivity contribution in [2.45, 2.75) is 32.9 Å². The lowest BCUT2D eigenvalue weighted by molar-refractivity contribution is -0.116. The Bertz CT molecular complexity index is 766. The van der Waals surface area contributed by atoms with E-state index in [1.165, 1.54) is 10.6 Å². The second kappa shape index (κ2) is 8.10. The molecule has 1 heterocycles. The molecule has 2 aromatic rings. The molecule has 0 aliphatic carbocycles. The number of pyridine rings is 1. The first-order valence-electron chi connectivity index (χ1n) is 7.86. The minimum Gasteiger partial charge on any atom is -0.350 e. The molecular weight excluding hydrogens is 306 g/mol. The summed E-state index contributed by atoms with van der Waals surface area (Å²) in [6.45, 7) is 3.88. The van der Waals surface area contributed by atoms with Crippen molar-refractivity contribution in [2.75, 3.05) is 5.32 Å². The Morgan fingerprint density at radius 3 is 2.46 bits per heavy atom. The third-order valence-corrected chi connectivity index (χ3v) is 3.63. The second-order valence-electron chi connectivity index (χ2n) is 5.58. The summed E-state index contributed by atoms with van der Waals surface area (Å²) in [5.41, 5.74) is 0.876. The van der Waals surface area contributed by atoms with Gasteiger partial charge in [-0.1, -0.05) is 13.0 Å². The van der Waals surface area contributed by atoms with Crippen molar-refractivity contribution in [3.05, 3.63) is 64.6 Å². The van der Waals surface area contributed by atoms with Gasteiger partial charge in [-0.3, -0.25) is 14.4 Å². The second-order valence-corrected chi connectivity index (χ2v) is 5.58. The van der Waals surface area contributed by atoms with Crippen LogP contribution in [0.4, 0.5) is 5.69 Å². The Kier molecular flexibility index (Phi) is 5.89. The van der Waals surface area contributed by atoms with Gasteiger partial charge in [-0.2, -0.15) is 0 Å². The van der Waals surface area contributed by atoms with Gasteiger partial charge in [0.2, 0.25) is 5.91 Å². The third kappa shape index (κ3) is 4.81. The summed E-state index contributed by atoms with van der Waals surface area (Å²) in [6, 6.07) is 11.5. The summed E-state index contributed by atoms with van der Waals surface area (Å²) >= 11 is 0. The molecule has 1 atom stereocenters. The first-order chi connectivity index (χ1) is 11.5. The van der Waals surface area contributed by atoms with E-state index < -0.39 is 0 Å². The highest BCUT2D eigenvalue weighted by atomic mass is 16.2. The van der Waals surface area contributed by atoms with Crippen LogP contribution < -0.4 is 16.2 Å². The first kappa shape index (κ1) is 17.5. The van der Waals surface area contributed by atoms with Crippen molar-refractivity contribution < 1.29 is 9.59 Å². The smallest absolute Gasteiger partial charge is 0.251 e. The molecule has 2 rings (SSSR count). The maximum absolute atomic E-state index is 12.0. The molecular formula is C18H21N3O3. The number of hydrogen-bond acceptors (Lipinski definition) is 3. The van der Waals surface area contributed by atoms with Crippen molar-refractivity contribution in [3.63, 3.8) is 0 Å². The zero-order valence-corrected chi connectivity index (χ0v) is 13.8. The van der Waals surface area contributed by atoms with Crippen LogP contribution in [0.15, 0.2) is 53.5 Å². The SMILES string of the molecule is CCC(C)NC(=O)c1ccc(NC(=O)Cn2ccccc2=O)cc1. The van der Waals surface area contributed by atoms with E-state index in [0.717, 1.165) is 6.42 Å². The molecule has 126 valence electrons. The lowest BCUT2D eigenvalue weighted by atomic mass is 10.1. The van der Waals surface area contributed by atoms with Crippen LogP contribution in [0, 0.1) is 0 Å². The number of amides is 2. The summed E-state index contributed by atoms with van der Waals surface area (Å²) in [6.07, 6.45) is 2.42. The molecule has 1 aromatic carbocycles. The van der Waals surface area contributed by atoms with Crippen molar-refractivity contribution in [2.24, 2.45) is 0 Å². The van der Waals surface area contributed by atoms with Crippen LogP contribution in [0.2, 0.25) is 0 Å². The van der Waals surface area contributed by atoms with Gasteiger partial charge in [-0.05, 0) is 43.7 Å². The molecule has 0 aliphatic heterocycles. The van der Waals surface area contributed by atoms with E-state index in [2.05, 4.69) is 10.6 Å². The molecule has 0 saturated heterocycles. The summed E-state index contributed by atoms with van der Waals surface area (Å²) in [7, 11) is 0. The summed E-state index contributed by atoms with van der Waals surface area (Å²) < 4.78 is 1.32. The largest absolute Gasteiger partial charge is 0.350 e. The fourth-order valence-corrected chi connectivity index (χ4v) is 2.06. The zero-order valence-electron chi connectivity index (χ0n) is 13.8. The van der Waals surface area contributed by atoms with E-state index in [4.69, 9.17) is 0 Å². The summed E-state index contributed by atoms with van der Waals surface area (Å²) in [5.74, 6) is -0.446. The van der Waals surface area contributed by atoms with E-state index in [1.54, 1.807) is 42.6 Å².